The molecule has 0 spiro atoms. The highest BCUT2D eigenvalue weighted by atomic mass is 15.1. The minimum atomic E-state index is 0.189. The molecule has 14 heavy (non-hydrogen) atoms. The van der Waals surface area contributed by atoms with Crippen molar-refractivity contribution in [2.75, 3.05) is 0 Å². The summed E-state index contributed by atoms with van der Waals surface area (Å²) in [5.41, 5.74) is 0.189. The van der Waals surface area contributed by atoms with Gasteiger partial charge in [0.15, 0.2) is 0 Å². The zero-order valence-electron chi connectivity index (χ0n) is 9.45. The Bertz CT molecular complexity index is 301. The maximum Gasteiger partial charge on any atom is 0.132 e. The van der Waals surface area contributed by atoms with Gasteiger partial charge in [-0.15, -0.1) is 0 Å². The summed E-state index contributed by atoms with van der Waals surface area (Å²) in [7, 11) is 0. The normalized spacial score (nSPS) is 15.1. The lowest BCUT2D eigenvalue weighted by molar-refractivity contribution is 0.277. The summed E-state index contributed by atoms with van der Waals surface area (Å²) in [5.74, 6) is 0.975. The average Bonchev–Trinajstić information content (AvgIpc) is 2.66. The molecule has 1 aromatic heterocycles. The maximum atomic E-state index is 4.28. The van der Waals surface area contributed by atoms with E-state index in [-0.39, 0.29) is 5.54 Å². The summed E-state index contributed by atoms with van der Waals surface area (Å²) in [6, 6.07) is 0. The van der Waals surface area contributed by atoms with Crippen molar-refractivity contribution in [3.63, 3.8) is 0 Å². The molecule has 2 heteroatoms. The number of hydrogen-bond donors (Lipinski definition) is 0. The summed E-state index contributed by atoms with van der Waals surface area (Å²) >= 11 is 0. The van der Waals surface area contributed by atoms with E-state index in [2.05, 4.69) is 43.1 Å². The van der Waals surface area contributed by atoms with Crippen LogP contribution in [0.3, 0.4) is 0 Å². The maximum absolute atomic E-state index is 4.28. The van der Waals surface area contributed by atoms with Crippen LogP contribution in [-0.2, 0) is 5.54 Å². The highest BCUT2D eigenvalue weighted by molar-refractivity contribution is 5.37. The molecular formula is C12H20N2. The van der Waals surface area contributed by atoms with Crippen molar-refractivity contribution in [3.05, 3.63) is 24.8 Å². The molecule has 78 valence electrons. The Kier molecular flexibility index (Phi) is 3.50. The second-order valence-corrected chi connectivity index (χ2v) is 3.96. The van der Waals surface area contributed by atoms with Gasteiger partial charge in [0.1, 0.15) is 5.82 Å². The molecule has 0 amide bonds. The molecule has 0 N–H and O–H groups in total. The zero-order chi connectivity index (χ0) is 10.6. The number of aromatic nitrogens is 2. The van der Waals surface area contributed by atoms with Crippen molar-refractivity contribution in [2.45, 2.75) is 45.6 Å². The van der Waals surface area contributed by atoms with Crippen LogP contribution in [-0.4, -0.2) is 9.55 Å². The molecule has 1 atom stereocenters. The molecule has 0 radical (unpaired) electrons. The quantitative estimate of drug-likeness (QED) is 0.698. The van der Waals surface area contributed by atoms with Gasteiger partial charge in [-0.1, -0.05) is 26.8 Å². The lowest BCUT2D eigenvalue weighted by Gasteiger charge is -2.31. The second kappa shape index (κ2) is 4.45. The highest BCUT2D eigenvalue weighted by Gasteiger charge is 2.24. The van der Waals surface area contributed by atoms with Crippen LogP contribution in [0.15, 0.2) is 19.0 Å². The first-order chi connectivity index (χ1) is 6.68. The van der Waals surface area contributed by atoms with E-state index in [0.717, 1.165) is 12.2 Å². The predicted octanol–water partition coefficient (Wildman–Crippen LogP) is 3.45. The van der Waals surface area contributed by atoms with E-state index in [1.807, 2.05) is 12.3 Å². The monoisotopic (exact) mass is 192 g/mol. The minimum Gasteiger partial charge on any atom is -0.326 e. The number of rotatable bonds is 5. The molecule has 1 heterocycles. The largest absolute Gasteiger partial charge is 0.326 e. The smallest absolute Gasteiger partial charge is 0.132 e. The first-order valence-electron chi connectivity index (χ1n) is 5.34. The van der Waals surface area contributed by atoms with Crippen LogP contribution in [0.5, 0.6) is 0 Å². The second-order valence-electron chi connectivity index (χ2n) is 3.96. The molecule has 0 aromatic carbocycles. The standard InChI is InChI=1S/C12H20N2/c1-5-8-12(4,7-3)14-10-9-13-11(14)6-2/h6,9-10H,2,5,7-8H2,1,3-4H3. The molecular weight excluding hydrogens is 172 g/mol. The van der Waals surface area contributed by atoms with E-state index in [1.54, 1.807) is 0 Å². The Hall–Kier alpha value is -1.05. The van der Waals surface area contributed by atoms with Gasteiger partial charge in [-0.2, -0.15) is 0 Å². The van der Waals surface area contributed by atoms with Crippen LogP contribution in [0, 0.1) is 0 Å². The van der Waals surface area contributed by atoms with Crippen LogP contribution in [0.4, 0.5) is 0 Å². The lowest BCUT2D eigenvalue weighted by Crippen LogP contribution is -2.29. The number of hydrogen-bond acceptors (Lipinski definition) is 1. The van der Waals surface area contributed by atoms with Gasteiger partial charge < -0.3 is 4.57 Å². The van der Waals surface area contributed by atoms with Gasteiger partial charge in [0.25, 0.3) is 0 Å². The van der Waals surface area contributed by atoms with Crippen molar-refractivity contribution < 1.29 is 0 Å². The average molecular weight is 192 g/mol. The van der Waals surface area contributed by atoms with Gasteiger partial charge in [-0.05, 0) is 25.8 Å². The Labute approximate surface area is 86.7 Å². The van der Waals surface area contributed by atoms with E-state index in [9.17, 15) is 0 Å². The molecule has 1 aromatic rings. The Morgan fingerprint density at radius 1 is 1.57 bits per heavy atom. The summed E-state index contributed by atoms with van der Waals surface area (Å²) in [5, 5.41) is 0. The molecule has 0 saturated heterocycles. The molecule has 0 aliphatic rings. The topological polar surface area (TPSA) is 17.8 Å². The lowest BCUT2D eigenvalue weighted by atomic mass is 9.92. The molecule has 0 aliphatic heterocycles. The van der Waals surface area contributed by atoms with Gasteiger partial charge in [0, 0.05) is 17.9 Å². The van der Waals surface area contributed by atoms with Crippen molar-refractivity contribution in [3.8, 4) is 0 Å². The van der Waals surface area contributed by atoms with Crippen LogP contribution >= 0.6 is 0 Å². The summed E-state index contributed by atoms with van der Waals surface area (Å²) in [6.07, 6.45) is 9.22. The van der Waals surface area contributed by atoms with Crippen LogP contribution in [0.2, 0.25) is 0 Å². The van der Waals surface area contributed by atoms with E-state index in [0.29, 0.717) is 0 Å². The van der Waals surface area contributed by atoms with Crippen molar-refractivity contribution in [1.82, 2.24) is 9.55 Å². The molecule has 2 nitrogen and oxygen atoms in total. The van der Waals surface area contributed by atoms with Crippen molar-refractivity contribution >= 4 is 6.08 Å². The summed E-state index contributed by atoms with van der Waals surface area (Å²) in [4.78, 5) is 4.28. The molecule has 1 unspecified atom stereocenters. The minimum absolute atomic E-state index is 0.189. The number of imidazole rings is 1. The zero-order valence-corrected chi connectivity index (χ0v) is 9.45. The van der Waals surface area contributed by atoms with Gasteiger partial charge in [0.05, 0.1) is 0 Å². The fourth-order valence-electron chi connectivity index (χ4n) is 1.93. The Morgan fingerprint density at radius 2 is 2.29 bits per heavy atom. The molecule has 0 bridgehead atoms. The van der Waals surface area contributed by atoms with Gasteiger partial charge in [-0.25, -0.2) is 4.98 Å². The van der Waals surface area contributed by atoms with Gasteiger partial charge in [0.2, 0.25) is 0 Å². The first-order valence-corrected chi connectivity index (χ1v) is 5.34. The van der Waals surface area contributed by atoms with E-state index >= 15 is 0 Å². The summed E-state index contributed by atoms with van der Waals surface area (Å²) < 4.78 is 2.24. The number of nitrogens with zero attached hydrogens (tertiary/aromatic N) is 2. The third-order valence-electron chi connectivity index (χ3n) is 2.98. The third-order valence-corrected chi connectivity index (χ3v) is 2.98. The fraction of sp³-hybridized carbons (Fsp3) is 0.583. The molecule has 0 saturated carbocycles. The van der Waals surface area contributed by atoms with Crippen LogP contribution < -0.4 is 0 Å². The Morgan fingerprint density at radius 3 is 2.79 bits per heavy atom. The highest BCUT2D eigenvalue weighted by Crippen LogP contribution is 2.27. The van der Waals surface area contributed by atoms with E-state index in [4.69, 9.17) is 0 Å². The van der Waals surface area contributed by atoms with Crippen molar-refractivity contribution in [2.24, 2.45) is 0 Å². The molecule has 0 fully saturated rings. The predicted molar refractivity (Wildman–Crippen MR) is 61.2 cm³/mol. The SMILES string of the molecule is C=Cc1nccn1C(C)(CC)CCC. The van der Waals surface area contributed by atoms with E-state index in [1.165, 1.54) is 12.8 Å². The van der Waals surface area contributed by atoms with E-state index < -0.39 is 0 Å². The van der Waals surface area contributed by atoms with Crippen LogP contribution in [0.1, 0.15) is 45.9 Å². The molecule has 0 aliphatic carbocycles. The third kappa shape index (κ3) is 1.89. The fourth-order valence-corrected chi connectivity index (χ4v) is 1.93. The summed E-state index contributed by atoms with van der Waals surface area (Å²) in [6.45, 7) is 10.5. The molecule has 1 rings (SSSR count). The first kappa shape index (κ1) is 11.0. The van der Waals surface area contributed by atoms with Crippen LogP contribution in [0.25, 0.3) is 6.08 Å². The van der Waals surface area contributed by atoms with Gasteiger partial charge >= 0.3 is 0 Å². The van der Waals surface area contributed by atoms with Gasteiger partial charge in [-0.3, -0.25) is 0 Å². The van der Waals surface area contributed by atoms with Crippen molar-refractivity contribution in [1.29, 1.82) is 0 Å². The Balaban J connectivity index is 3.04.